The summed E-state index contributed by atoms with van der Waals surface area (Å²) in [7, 11) is 1.18. The van der Waals surface area contributed by atoms with Crippen molar-refractivity contribution in [3.8, 4) is 0 Å². The van der Waals surface area contributed by atoms with E-state index in [2.05, 4.69) is 15.4 Å². The van der Waals surface area contributed by atoms with Crippen LogP contribution >= 0.6 is 11.6 Å². The van der Waals surface area contributed by atoms with Crippen molar-refractivity contribution in [2.24, 2.45) is 0 Å². The maximum Gasteiger partial charge on any atom is 0.414 e. The molecule has 3 heterocycles. The molecule has 1 saturated carbocycles. The van der Waals surface area contributed by atoms with Crippen molar-refractivity contribution in [1.29, 1.82) is 0 Å². The topological polar surface area (TPSA) is 143 Å². The Bertz CT molecular complexity index is 1860. The first-order chi connectivity index (χ1) is 22.9. The lowest BCUT2D eigenvalue weighted by Crippen LogP contribution is -2.51. The second-order valence-electron chi connectivity index (χ2n) is 11.6. The van der Waals surface area contributed by atoms with Gasteiger partial charge in [0.2, 0.25) is 11.3 Å². The van der Waals surface area contributed by atoms with Crippen molar-refractivity contribution < 1.29 is 41.8 Å². The van der Waals surface area contributed by atoms with Gasteiger partial charge in [0.1, 0.15) is 23.2 Å². The molecule has 3 aromatic rings. The number of rotatable bonds is 8. The van der Waals surface area contributed by atoms with Crippen molar-refractivity contribution in [1.82, 2.24) is 20.1 Å². The molecule has 0 spiro atoms. The fourth-order valence-electron chi connectivity index (χ4n) is 5.82. The molecule has 3 fully saturated rings. The molecule has 48 heavy (non-hydrogen) atoms. The molecule has 4 amide bonds. The van der Waals surface area contributed by atoms with Crippen LogP contribution in [0.3, 0.4) is 0 Å². The highest BCUT2D eigenvalue weighted by molar-refractivity contribution is 6.31. The number of ether oxygens (including phenoxy) is 2. The lowest BCUT2D eigenvalue weighted by Gasteiger charge is -2.36. The number of amides is 4. The van der Waals surface area contributed by atoms with Gasteiger partial charge in [-0.2, -0.15) is 0 Å². The largest absolute Gasteiger partial charge is 0.453 e. The van der Waals surface area contributed by atoms with E-state index >= 15 is 8.78 Å². The van der Waals surface area contributed by atoms with E-state index < -0.39 is 59.5 Å². The molecule has 1 aromatic heterocycles. The molecule has 3 aliphatic rings. The van der Waals surface area contributed by atoms with Gasteiger partial charge in [-0.05, 0) is 25.0 Å². The van der Waals surface area contributed by atoms with Crippen molar-refractivity contribution in [2.75, 3.05) is 62.7 Å². The smallest absolute Gasteiger partial charge is 0.414 e. The zero-order chi connectivity index (χ0) is 34.3. The van der Waals surface area contributed by atoms with E-state index in [0.29, 0.717) is 5.52 Å². The number of pyridine rings is 1. The number of cyclic esters (lactones) is 1. The molecule has 2 N–H and O–H groups in total. The third-order valence-corrected chi connectivity index (χ3v) is 8.74. The molecule has 13 nitrogen and oxygen atoms in total. The summed E-state index contributed by atoms with van der Waals surface area (Å²) in [5.74, 6) is -3.90. The molecule has 1 aliphatic carbocycles. The second kappa shape index (κ2) is 13.3. The first-order valence-electron chi connectivity index (χ1n) is 15.1. The Labute approximate surface area is 276 Å². The van der Waals surface area contributed by atoms with E-state index in [1.807, 2.05) is 0 Å². The number of hydrogen-bond donors (Lipinski definition) is 2. The number of piperazine rings is 1. The normalized spacial score (nSPS) is 17.8. The third-order valence-electron chi connectivity index (χ3n) is 8.45. The number of carbonyl (C=O) groups is 4. The molecule has 0 radical (unpaired) electrons. The van der Waals surface area contributed by atoms with Crippen LogP contribution in [0.4, 0.5) is 34.1 Å². The zero-order valence-electron chi connectivity index (χ0n) is 25.6. The Balaban J connectivity index is 1.06. The summed E-state index contributed by atoms with van der Waals surface area (Å²) in [5.41, 5.74) is -0.898. The number of methoxy groups -OCH3 is 1. The Kier molecular flexibility index (Phi) is 9.09. The monoisotopic (exact) mass is 690 g/mol. The van der Waals surface area contributed by atoms with Gasteiger partial charge in [0.05, 0.1) is 43.0 Å². The first kappa shape index (κ1) is 32.9. The fourth-order valence-corrected chi connectivity index (χ4v) is 5.98. The van der Waals surface area contributed by atoms with Gasteiger partial charge in [0, 0.05) is 55.9 Å². The van der Waals surface area contributed by atoms with Crippen LogP contribution in [-0.4, -0.2) is 92.5 Å². The Morgan fingerprint density at radius 2 is 1.67 bits per heavy atom. The van der Waals surface area contributed by atoms with Crippen LogP contribution in [0.15, 0.2) is 35.3 Å². The molecule has 6 rings (SSSR count). The molecule has 0 bridgehead atoms. The number of benzene rings is 2. The lowest BCUT2D eigenvalue weighted by atomic mass is 10.1. The number of alkyl carbamates (subject to hydrolysis) is 1. The summed E-state index contributed by atoms with van der Waals surface area (Å²) in [4.78, 5) is 66.6. The van der Waals surface area contributed by atoms with Gasteiger partial charge < -0.3 is 34.5 Å². The van der Waals surface area contributed by atoms with E-state index in [4.69, 9.17) is 16.3 Å². The van der Waals surface area contributed by atoms with E-state index in [-0.39, 0.29) is 72.7 Å². The number of nitrogens with zero attached hydrogens (tertiary/aromatic N) is 4. The van der Waals surface area contributed by atoms with Crippen molar-refractivity contribution in [3.63, 3.8) is 0 Å². The van der Waals surface area contributed by atoms with Crippen LogP contribution in [0.2, 0.25) is 5.02 Å². The molecule has 17 heteroatoms. The zero-order valence-corrected chi connectivity index (χ0v) is 26.3. The Morgan fingerprint density at radius 3 is 2.31 bits per heavy atom. The van der Waals surface area contributed by atoms with Crippen LogP contribution < -0.4 is 25.9 Å². The minimum Gasteiger partial charge on any atom is -0.453 e. The molecule has 0 unspecified atom stereocenters. The first-order valence-corrected chi connectivity index (χ1v) is 15.5. The van der Waals surface area contributed by atoms with Crippen LogP contribution in [0.5, 0.6) is 0 Å². The lowest BCUT2D eigenvalue weighted by molar-refractivity contribution is -0.130. The number of anilines is 2. The summed E-state index contributed by atoms with van der Waals surface area (Å²) in [6.45, 7) is -0.210. The maximum absolute atomic E-state index is 15.2. The predicted molar refractivity (Wildman–Crippen MR) is 167 cm³/mol. The van der Waals surface area contributed by atoms with Gasteiger partial charge in [-0.15, -0.1) is 0 Å². The highest BCUT2D eigenvalue weighted by atomic mass is 35.5. The summed E-state index contributed by atoms with van der Waals surface area (Å²) in [6, 6.07) is 4.42. The predicted octanol–water partition coefficient (Wildman–Crippen LogP) is 3.17. The Morgan fingerprint density at radius 1 is 0.979 bits per heavy atom. The number of carbonyl (C=O) groups excluding carboxylic acids is 4. The van der Waals surface area contributed by atoms with Crippen molar-refractivity contribution >= 4 is 57.9 Å². The molecular formula is C31H30ClF3N6O7. The highest BCUT2D eigenvalue weighted by Gasteiger charge is 2.35. The van der Waals surface area contributed by atoms with Gasteiger partial charge in [0.25, 0.3) is 5.91 Å². The quantitative estimate of drug-likeness (QED) is 0.367. The van der Waals surface area contributed by atoms with E-state index in [1.54, 1.807) is 4.57 Å². The minimum absolute atomic E-state index is 0.00360. The number of hydrogen-bond acceptors (Lipinski definition) is 8. The SMILES string of the molecule is COC(=O)NC[C@H]1CN(c2cc(F)c(N3CCN(C(=O)CNC(=O)c4cn(C5CC5)c5cc(Cl)c(F)cc5c4=O)CC3)c(F)c2)C(=O)O1. The highest BCUT2D eigenvalue weighted by Crippen LogP contribution is 2.38. The number of aromatic nitrogens is 1. The number of fused-ring (bicyclic) bond motifs is 1. The van der Waals surface area contributed by atoms with E-state index in [0.717, 1.165) is 35.9 Å². The van der Waals surface area contributed by atoms with Crippen LogP contribution in [0.1, 0.15) is 29.2 Å². The van der Waals surface area contributed by atoms with Gasteiger partial charge in [-0.25, -0.2) is 22.8 Å². The summed E-state index contributed by atoms with van der Waals surface area (Å²) >= 11 is 5.93. The summed E-state index contributed by atoms with van der Waals surface area (Å²) in [6.07, 6.45) is 0.740. The van der Waals surface area contributed by atoms with Gasteiger partial charge in [-0.3, -0.25) is 19.3 Å². The third kappa shape index (κ3) is 6.56. The molecule has 2 aliphatic heterocycles. The van der Waals surface area contributed by atoms with Crippen molar-refractivity contribution in [2.45, 2.75) is 25.0 Å². The minimum atomic E-state index is -0.921. The summed E-state index contributed by atoms with van der Waals surface area (Å²) in [5, 5.41) is 4.72. The maximum atomic E-state index is 15.2. The number of nitrogens with one attached hydrogen (secondary N) is 2. The van der Waals surface area contributed by atoms with E-state index in [9.17, 15) is 28.4 Å². The van der Waals surface area contributed by atoms with E-state index in [1.165, 1.54) is 29.2 Å². The second-order valence-corrected chi connectivity index (χ2v) is 12.0. The average molecular weight is 691 g/mol. The molecule has 254 valence electrons. The molecule has 2 saturated heterocycles. The molecule has 1 atom stereocenters. The van der Waals surface area contributed by atoms with Gasteiger partial charge >= 0.3 is 12.2 Å². The average Bonchev–Trinajstić information content (AvgIpc) is 3.84. The number of halogens is 4. The van der Waals surface area contributed by atoms with Gasteiger partial charge in [-0.1, -0.05) is 11.6 Å². The molecular weight excluding hydrogens is 661 g/mol. The Hall–Kier alpha value is -4.99. The summed E-state index contributed by atoms with van der Waals surface area (Å²) < 4.78 is 56.0. The molecule has 2 aromatic carbocycles. The van der Waals surface area contributed by atoms with Crippen LogP contribution in [-0.2, 0) is 14.3 Å². The van der Waals surface area contributed by atoms with Crippen LogP contribution in [0.25, 0.3) is 10.9 Å². The van der Waals surface area contributed by atoms with Crippen molar-refractivity contribution in [3.05, 3.63) is 68.7 Å². The fraction of sp³-hybridized carbons (Fsp3) is 0.387. The standard InChI is InChI=1S/C31H30ClF3N6O7/c1-47-30(45)37-12-18-14-41(31(46)48-18)17-8-23(34)27(24(35)9-17)39-6-4-38(5-7-39)26(42)13-36-29(44)20-15-40(16-2-3-16)25-11-21(32)22(33)10-19(25)28(20)43/h8-11,15-16,18H,2-7,12-14H2,1H3,(H,36,44)(H,37,45)/t18-/m0/s1. The van der Waals surface area contributed by atoms with Crippen LogP contribution in [0, 0.1) is 17.5 Å². The van der Waals surface area contributed by atoms with Gasteiger partial charge in [0.15, 0.2) is 11.6 Å².